The molecule has 0 aliphatic carbocycles. The molecule has 142 valence electrons. The molecule has 1 amide bonds. The van der Waals surface area contributed by atoms with E-state index >= 15 is 0 Å². The Morgan fingerprint density at radius 1 is 1.17 bits per heavy atom. The molecule has 1 saturated heterocycles. The van der Waals surface area contributed by atoms with Gasteiger partial charge in [0.05, 0.1) is 12.1 Å². The number of ether oxygens (including phenoxy) is 1. The zero-order valence-corrected chi connectivity index (χ0v) is 18.2. The van der Waals surface area contributed by atoms with E-state index in [9.17, 15) is 4.79 Å². The van der Waals surface area contributed by atoms with Crippen LogP contribution in [-0.2, 0) is 4.74 Å². The lowest BCUT2D eigenvalue weighted by atomic mass is 9.93. The summed E-state index contributed by atoms with van der Waals surface area (Å²) < 4.78 is 5.38. The highest BCUT2D eigenvalue weighted by Gasteiger charge is 2.30. The van der Waals surface area contributed by atoms with Gasteiger partial charge in [-0.25, -0.2) is 4.79 Å². The van der Waals surface area contributed by atoms with Crippen LogP contribution in [0.25, 0.3) is 0 Å². The molecule has 1 aliphatic heterocycles. The van der Waals surface area contributed by atoms with E-state index in [1.54, 1.807) is 0 Å². The van der Waals surface area contributed by atoms with Crippen LogP contribution in [0.3, 0.4) is 0 Å². The largest absolute Gasteiger partial charge is 0.444 e. The summed E-state index contributed by atoms with van der Waals surface area (Å²) in [5.74, 6) is 0.585. The number of guanidine groups is 1. The number of rotatable bonds is 5. The molecule has 0 aromatic rings. The van der Waals surface area contributed by atoms with Gasteiger partial charge < -0.3 is 20.7 Å². The molecular weight excluding hydrogens is 419 g/mol. The number of nitrogens with zero attached hydrogens (tertiary/aromatic N) is 2. The SMILES string of the molecule is CCC(CC)(CN=C(N)N1CCCCC1)NC(=O)OC(C)(C)C.I. The zero-order valence-electron chi connectivity index (χ0n) is 15.9. The normalized spacial score (nSPS) is 16.4. The van der Waals surface area contributed by atoms with E-state index < -0.39 is 17.2 Å². The number of likely N-dealkylation sites (tertiary alicyclic amines) is 1. The van der Waals surface area contributed by atoms with Crippen LogP contribution in [0.4, 0.5) is 4.79 Å². The molecule has 0 atom stereocenters. The van der Waals surface area contributed by atoms with Gasteiger partial charge in [0.2, 0.25) is 0 Å². The minimum atomic E-state index is -0.507. The number of nitrogens with one attached hydrogen (secondary N) is 1. The number of amides is 1. The average molecular weight is 454 g/mol. The summed E-state index contributed by atoms with van der Waals surface area (Å²) in [5.41, 5.74) is 5.21. The third kappa shape index (κ3) is 7.90. The first-order valence-corrected chi connectivity index (χ1v) is 8.77. The van der Waals surface area contributed by atoms with Gasteiger partial charge >= 0.3 is 6.09 Å². The Bertz CT molecular complexity index is 411. The van der Waals surface area contributed by atoms with Crippen molar-refractivity contribution in [3.8, 4) is 0 Å². The van der Waals surface area contributed by atoms with Crippen LogP contribution >= 0.6 is 24.0 Å². The number of alkyl carbamates (subject to hydrolysis) is 1. The van der Waals surface area contributed by atoms with Gasteiger partial charge in [-0.15, -0.1) is 24.0 Å². The molecule has 0 spiro atoms. The summed E-state index contributed by atoms with van der Waals surface area (Å²) in [4.78, 5) is 18.8. The predicted molar refractivity (Wildman–Crippen MR) is 110 cm³/mol. The van der Waals surface area contributed by atoms with Gasteiger partial charge in [0.15, 0.2) is 5.96 Å². The minimum absolute atomic E-state index is 0. The third-order valence-electron chi connectivity index (χ3n) is 4.34. The van der Waals surface area contributed by atoms with Gasteiger partial charge in [-0.05, 0) is 52.9 Å². The van der Waals surface area contributed by atoms with Crippen LogP contribution in [0.15, 0.2) is 4.99 Å². The first-order valence-electron chi connectivity index (χ1n) is 8.77. The van der Waals surface area contributed by atoms with Crippen LogP contribution in [0.1, 0.15) is 66.7 Å². The maximum absolute atomic E-state index is 12.1. The van der Waals surface area contributed by atoms with E-state index in [0.29, 0.717) is 12.5 Å². The number of piperidine rings is 1. The standard InChI is InChI=1S/C17H34N4O2.HI/c1-6-17(7-2,20-15(22)23-16(3,4)5)13-19-14(18)21-11-9-8-10-12-21;/h6-13H2,1-5H3,(H2,18,19)(H,20,22);1H. The quantitative estimate of drug-likeness (QED) is 0.379. The Morgan fingerprint density at radius 3 is 2.17 bits per heavy atom. The average Bonchev–Trinajstić information content (AvgIpc) is 2.50. The van der Waals surface area contributed by atoms with Crippen molar-refractivity contribution >= 4 is 36.0 Å². The molecule has 1 aliphatic rings. The molecule has 3 N–H and O–H groups in total. The van der Waals surface area contributed by atoms with E-state index in [2.05, 4.69) is 15.2 Å². The Balaban J connectivity index is 0.00000529. The molecule has 6 nitrogen and oxygen atoms in total. The van der Waals surface area contributed by atoms with Gasteiger partial charge in [0.25, 0.3) is 0 Å². The molecule has 24 heavy (non-hydrogen) atoms. The summed E-state index contributed by atoms with van der Waals surface area (Å²) in [5, 5.41) is 3.00. The fraction of sp³-hybridized carbons (Fsp3) is 0.882. The minimum Gasteiger partial charge on any atom is -0.444 e. The number of carbonyl (C=O) groups is 1. The van der Waals surface area contributed by atoms with Gasteiger partial charge in [-0.1, -0.05) is 13.8 Å². The van der Waals surface area contributed by atoms with Crippen molar-refractivity contribution < 1.29 is 9.53 Å². The summed E-state index contributed by atoms with van der Waals surface area (Å²) in [6.45, 7) is 12.1. The first-order chi connectivity index (χ1) is 10.7. The second kappa shape index (κ2) is 10.3. The molecule has 1 fully saturated rings. The third-order valence-corrected chi connectivity index (χ3v) is 4.34. The first kappa shape index (κ1) is 23.3. The maximum Gasteiger partial charge on any atom is 0.408 e. The number of carbonyl (C=O) groups excluding carboxylic acids is 1. The highest BCUT2D eigenvalue weighted by atomic mass is 127. The van der Waals surface area contributed by atoms with Crippen LogP contribution in [0, 0.1) is 0 Å². The smallest absolute Gasteiger partial charge is 0.408 e. The van der Waals surface area contributed by atoms with Crippen molar-refractivity contribution in [3.05, 3.63) is 0 Å². The lowest BCUT2D eigenvalue weighted by Crippen LogP contribution is -2.52. The molecule has 0 aromatic carbocycles. The van der Waals surface area contributed by atoms with Crippen LogP contribution in [0.5, 0.6) is 0 Å². The second-order valence-electron chi connectivity index (χ2n) is 7.34. The van der Waals surface area contributed by atoms with Gasteiger partial charge in [0.1, 0.15) is 5.60 Å². The van der Waals surface area contributed by atoms with Crippen molar-refractivity contribution in [1.29, 1.82) is 0 Å². The highest BCUT2D eigenvalue weighted by Crippen LogP contribution is 2.18. The van der Waals surface area contributed by atoms with Crippen LogP contribution in [0.2, 0.25) is 0 Å². The molecule has 0 unspecified atom stereocenters. The molecule has 1 heterocycles. The van der Waals surface area contributed by atoms with E-state index in [1.807, 2.05) is 34.6 Å². The molecule has 0 radical (unpaired) electrons. The molecule has 0 aromatic heterocycles. The summed E-state index contributed by atoms with van der Waals surface area (Å²) in [6, 6.07) is 0. The molecule has 1 rings (SSSR count). The molecule has 0 bridgehead atoms. The Morgan fingerprint density at radius 2 is 1.71 bits per heavy atom. The van der Waals surface area contributed by atoms with Crippen molar-refractivity contribution in [2.45, 2.75) is 77.9 Å². The molecular formula is C17H35IN4O2. The number of hydrogen-bond donors (Lipinski definition) is 2. The lowest BCUT2D eigenvalue weighted by Gasteiger charge is -2.33. The van der Waals surface area contributed by atoms with Gasteiger partial charge in [-0.2, -0.15) is 0 Å². The fourth-order valence-electron chi connectivity index (χ4n) is 2.67. The second-order valence-corrected chi connectivity index (χ2v) is 7.34. The number of nitrogens with two attached hydrogens (primary N) is 1. The van der Waals surface area contributed by atoms with Crippen molar-refractivity contribution in [2.24, 2.45) is 10.7 Å². The Kier molecular flexibility index (Phi) is 9.99. The Labute approximate surface area is 164 Å². The number of halogens is 1. The topological polar surface area (TPSA) is 80.0 Å². The highest BCUT2D eigenvalue weighted by molar-refractivity contribution is 14.0. The lowest BCUT2D eigenvalue weighted by molar-refractivity contribution is 0.0451. The van der Waals surface area contributed by atoms with E-state index in [4.69, 9.17) is 10.5 Å². The Hall–Kier alpha value is -0.730. The molecule has 7 heteroatoms. The number of hydrogen-bond acceptors (Lipinski definition) is 3. The van der Waals surface area contributed by atoms with Gasteiger partial charge in [0, 0.05) is 13.1 Å². The maximum atomic E-state index is 12.1. The molecule has 0 saturated carbocycles. The zero-order chi connectivity index (χ0) is 17.5. The summed E-state index contributed by atoms with van der Waals surface area (Å²) >= 11 is 0. The van der Waals surface area contributed by atoms with Crippen molar-refractivity contribution in [1.82, 2.24) is 10.2 Å². The monoisotopic (exact) mass is 454 g/mol. The van der Waals surface area contributed by atoms with E-state index in [1.165, 1.54) is 19.3 Å². The van der Waals surface area contributed by atoms with Crippen molar-refractivity contribution in [3.63, 3.8) is 0 Å². The van der Waals surface area contributed by atoms with E-state index in [-0.39, 0.29) is 24.0 Å². The fourth-order valence-corrected chi connectivity index (χ4v) is 2.67. The summed E-state index contributed by atoms with van der Waals surface area (Å²) in [6.07, 6.45) is 4.75. The number of aliphatic imine (C=N–C) groups is 1. The van der Waals surface area contributed by atoms with Crippen LogP contribution in [-0.4, -0.2) is 47.7 Å². The predicted octanol–water partition coefficient (Wildman–Crippen LogP) is 3.49. The van der Waals surface area contributed by atoms with Crippen molar-refractivity contribution in [2.75, 3.05) is 19.6 Å². The van der Waals surface area contributed by atoms with E-state index in [0.717, 1.165) is 25.9 Å². The summed E-state index contributed by atoms with van der Waals surface area (Å²) in [7, 11) is 0. The van der Waals surface area contributed by atoms with Crippen LogP contribution < -0.4 is 11.1 Å². The van der Waals surface area contributed by atoms with Gasteiger partial charge in [-0.3, -0.25) is 4.99 Å².